The van der Waals surface area contributed by atoms with Crippen LogP contribution in [0.5, 0.6) is 0 Å². The molecule has 0 saturated carbocycles. The number of hydrogen-bond donors (Lipinski definition) is 2. The highest BCUT2D eigenvalue weighted by Crippen LogP contribution is 2.21. The average Bonchev–Trinajstić information content (AvgIpc) is 2.89. The largest absolute Gasteiger partial charge is 0.334 e. The number of carbonyl (C=O) groups excluding carboxylic acids is 1. The van der Waals surface area contributed by atoms with Crippen molar-refractivity contribution < 1.29 is 4.79 Å². The van der Waals surface area contributed by atoms with Crippen LogP contribution in [0.4, 0.5) is 10.5 Å². The summed E-state index contributed by atoms with van der Waals surface area (Å²) in [6, 6.07) is 17.1. The van der Waals surface area contributed by atoms with Crippen molar-refractivity contribution in [2.45, 2.75) is 18.9 Å². The number of carbonyl (C=O) groups is 1. The smallest absolute Gasteiger partial charge is 0.319 e. The maximum absolute atomic E-state index is 12.1. The zero-order chi connectivity index (χ0) is 14.7. The number of benzene rings is 2. The zero-order valence-corrected chi connectivity index (χ0v) is 11.5. The maximum atomic E-state index is 12.1. The first-order valence-electron chi connectivity index (χ1n) is 6.89. The van der Waals surface area contributed by atoms with Gasteiger partial charge >= 0.3 is 6.03 Å². The zero-order valence-electron chi connectivity index (χ0n) is 11.5. The molecule has 0 saturated heterocycles. The monoisotopic (exact) mass is 277 g/mol. The highest BCUT2D eigenvalue weighted by atomic mass is 16.2. The van der Waals surface area contributed by atoms with E-state index in [1.807, 2.05) is 12.1 Å². The van der Waals surface area contributed by atoms with E-state index in [0.29, 0.717) is 11.3 Å². The molecule has 4 heteroatoms. The molecule has 21 heavy (non-hydrogen) atoms. The number of amides is 2. The number of rotatable bonds is 2. The van der Waals surface area contributed by atoms with Crippen molar-refractivity contribution in [2.75, 3.05) is 5.32 Å². The van der Waals surface area contributed by atoms with Gasteiger partial charge in [-0.15, -0.1) is 0 Å². The van der Waals surface area contributed by atoms with Crippen LogP contribution in [0.1, 0.15) is 16.7 Å². The van der Waals surface area contributed by atoms with Crippen LogP contribution >= 0.6 is 0 Å². The number of nitrogens with zero attached hydrogens (tertiary/aromatic N) is 1. The molecule has 104 valence electrons. The maximum Gasteiger partial charge on any atom is 0.319 e. The number of nitrogens with one attached hydrogen (secondary N) is 2. The van der Waals surface area contributed by atoms with Crippen molar-refractivity contribution >= 4 is 11.7 Å². The summed E-state index contributed by atoms with van der Waals surface area (Å²) in [6.45, 7) is 0. The van der Waals surface area contributed by atoms with Gasteiger partial charge in [0.2, 0.25) is 0 Å². The number of para-hydroxylation sites is 1. The Morgan fingerprint density at radius 1 is 1.05 bits per heavy atom. The molecule has 0 spiro atoms. The van der Waals surface area contributed by atoms with Crippen LogP contribution < -0.4 is 10.6 Å². The molecule has 2 amide bonds. The summed E-state index contributed by atoms with van der Waals surface area (Å²) in [6.07, 6.45) is 1.70. The molecule has 0 atom stereocenters. The first kappa shape index (κ1) is 13.2. The quantitative estimate of drug-likeness (QED) is 0.886. The van der Waals surface area contributed by atoms with Gasteiger partial charge in [0, 0.05) is 6.04 Å². The Hall–Kier alpha value is -2.80. The second-order valence-electron chi connectivity index (χ2n) is 5.13. The normalized spacial score (nSPS) is 13.3. The number of nitriles is 1. The Balaban J connectivity index is 1.63. The van der Waals surface area contributed by atoms with Crippen molar-refractivity contribution in [1.82, 2.24) is 5.32 Å². The van der Waals surface area contributed by atoms with E-state index in [4.69, 9.17) is 5.26 Å². The summed E-state index contributed by atoms with van der Waals surface area (Å²) < 4.78 is 0. The minimum atomic E-state index is -0.268. The molecule has 2 aromatic rings. The third kappa shape index (κ3) is 2.87. The molecule has 0 aromatic heterocycles. The SMILES string of the molecule is N#Cc1ccccc1NC(=O)NC1Cc2ccccc2C1. The summed E-state index contributed by atoms with van der Waals surface area (Å²) in [5.41, 5.74) is 3.58. The summed E-state index contributed by atoms with van der Waals surface area (Å²) >= 11 is 0. The first-order valence-corrected chi connectivity index (χ1v) is 6.89. The van der Waals surface area contributed by atoms with Crippen molar-refractivity contribution in [1.29, 1.82) is 5.26 Å². The van der Waals surface area contributed by atoms with Crippen LogP contribution in [0.25, 0.3) is 0 Å². The molecule has 0 fully saturated rings. The van der Waals surface area contributed by atoms with Crippen molar-refractivity contribution in [3.8, 4) is 6.07 Å². The molecule has 2 aromatic carbocycles. The van der Waals surface area contributed by atoms with E-state index in [-0.39, 0.29) is 12.1 Å². The molecule has 0 heterocycles. The average molecular weight is 277 g/mol. The van der Waals surface area contributed by atoms with Gasteiger partial charge in [0.25, 0.3) is 0 Å². The highest BCUT2D eigenvalue weighted by molar-refractivity contribution is 5.91. The molecule has 0 bridgehead atoms. The van der Waals surface area contributed by atoms with E-state index in [1.165, 1.54) is 11.1 Å². The fourth-order valence-corrected chi connectivity index (χ4v) is 2.69. The van der Waals surface area contributed by atoms with Crippen molar-refractivity contribution in [2.24, 2.45) is 0 Å². The summed E-state index contributed by atoms with van der Waals surface area (Å²) in [4.78, 5) is 12.1. The van der Waals surface area contributed by atoms with Gasteiger partial charge in [-0.1, -0.05) is 36.4 Å². The van der Waals surface area contributed by atoms with Crippen LogP contribution in [0.2, 0.25) is 0 Å². The molecular weight excluding hydrogens is 262 g/mol. The van der Waals surface area contributed by atoms with Crippen LogP contribution in [0, 0.1) is 11.3 Å². The second kappa shape index (κ2) is 5.68. The van der Waals surface area contributed by atoms with E-state index in [0.717, 1.165) is 12.8 Å². The highest BCUT2D eigenvalue weighted by Gasteiger charge is 2.22. The lowest BCUT2D eigenvalue weighted by atomic mass is 10.1. The third-order valence-corrected chi connectivity index (χ3v) is 3.68. The summed E-state index contributed by atoms with van der Waals surface area (Å²) in [7, 11) is 0. The van der Waals surface area contributed by atoms with Gasteiger partial charge in [-0.2, -0.15) is 5.26 Å². The fraction of sp³-hybridized carbons (Fsp3) is 0.176. The molecule has 0 unspecified atom stereocenters. The lowest BCUT2D eigenvalue weighted by molar-refractivity contribution is 0.249. The van der Waals surface area contributed by atoms with Crippen LogP contribution in [-0.2, 0) is 12.8 Å². The Bertz CT molecular complexity index is 693. The Labute approximate surface area is 123 Å². The van der Waals surface area contributed by atoms with Gasteiger partial charge in [0.15, 0.2) is 0 Å². The van der Waals surface area contributed by atoms with Crippen LogP contribution in [-0.4, -0.2) is 12.1 Å². The molecule has 0 aliphatic heterocycles. The van der Waals surface area contributed by atoms with Crippen LogP contribution in [0.3, 0.4) is 0 Å². The summed E-state index contributed by atoms with van der Waals surface area (Å²) in [5, 5.41) is 14.7. The third-order valence-electron chi connectivity index (χ3n) is 3.68. The minimum Gasteiger partial charge on any atom is -0.334 e. The lowest BCUT2D eigenvalue weighted by Crippen LogP contribution is -2.38. The Morgan fingerprint density at radius 2 is 1.67 bits per heavy atom. The molecule has 2 N–H and O–H groups in total. The summed E-state index contributed by atoms with van der Waals surface area (Å²) in [5.74, 6) is 0. The Kier molecular flexibility index (Phi) is 3.57. The van der Waals surface area contributed by atoms with Crippen molar-refractivity contribution in [3.05, 3.63) is 65.2 Å². The van der Waals surface area contributed by atoms with E-state index in [2.05, 4.69) is 28.8 Å². The van der Waals surface area contributed by atoms with Gasteiger partial charge in [0.1, 0.15) is 6.07 Å². The molecular formula is C17H15N3O. The first-order chi connectivity index (χ1) is 10.3. The lowest BCUT2D eigenvalue weighted by Gasteiger charge is -2.13. The molecule has 0 radical (unpaired) electrons. The number of urea groups is 1. The Morgan fingerprint density at radius 3 is 2.33 bits per heavy atom. The van der Waals surface area contributed by atoms with E-state index < -0.39 is 0 Å². The van der Waals surface area contributed by atoms with E-state index in [1.54, 1.807) is 24.3 Å². The minimum absolute atomic E-state index is 0.108. The predicted octanol–water partition coefficient (Wildman–Crippen LogP) is 2.85. The molecule has 1 aliphatic rings. The van der Waals surface area contributed by atoms with Crippen LogP contribution in [0.15, 0.2) is 48.5 Å². The van der Waals surface area contributed by atoms with Crippen molar-refractivity contribution in [3.63, 3.8) is 0 Å². The van der Waals surface area contributed by atoms with Gasteiger partial charge in [-0.05, 0) is 36.1 Å². The van der Waals surface area contributed by atoms with Gasteiger partial charge in [-0.3, -0.25) is 0 Å². The second-order valence-corrected chi connectivity index (χ2v) is 5.13. The van der Waals surface area contributed by atoms with E-state index in [9.17, 15) is 4.79 Å². The van der Waals surface area contributed by atoms with Gasteiger partial charge in [0.05, 0.1) is 11.3 Å². The molecule has 1 aliphatic carbocycles. The standard InChI is InChI=1S/C17H15N3O/c18-11-14-7-3-4-8-16(14)20-17(21)19-15-9-12-5-1-2-6-13(12)10-15/h1-8,15H,9-10H2,(H2,19,20,21). The molecule has 4 nitrogen and oxygen atoms in total. The predicted molar refractivity (Wildman–Crippen MR) is 80.9 cm³/mol. The van der Waals surface area contributed by atoms with Gasteiger partial charge < -0.3 is 10.6 Å². The number of hydrogen-bond acceptors (Lipinski definition) is 2. The molecule has 3 rings (SSSR count). The number of anilines is 1. The van der Waals surface area contributed by atoms with E-state index >= 15 is 0 Å². The fourth-order valence-electron chi connectivity index (χ4n) is 2.69. The topological polar surface area (TPSA) is 64.9 Å². The van der Waals surface area contributed by atoms with Gasteiger partial charge in [-0.25, -0.2) is 4.79 Å². The number of fused-ring (bicyclic) bond motifs is 1.